The van der Waals surface area contributed by atoms with Crippen LogP contribution >= 0.6 is 11.6 Å². The van der Waals surface area contributed by atoms with Crippen LogP contribution in [-0.4, -0.2) is 4.98 Å². The summed E-state index contributed by atoms with van der Waals surface area (Å²) in [5, 5.41) is 30.0. The molecule has 1 aromatic heterocycles. The Morgan fingerprint density at radius 1 is 1.00 bits per heavy atom. The van der Waals surface area contributed by atoms with Gasteiger partial charge in [0.1, 0.15) is 29.4 Å². The van der Waals surface area contributed by atoms with Crippen molar-refractivity contribution >= 4 is 28.4 Å². The first-order chi connectivity index (χ1) is 12.1. The predicted octanol–water partition coefficient (Wildman–Crippen LogP) is 4.38. The van der Waals surface area contributed by atoms with Crippen molar-refractivity contribution in [3.63, 3.8) is 0 Å². The molecule has 0 saturated carbocycles. The fourth-order valence-electron chi connectivity index (χ4n) is 2.15. The maximum atomic E-state index is 9.05. The number of anilines is 1. The Kier molecular flexibility index (Phi) is 4.35. The summed E-state index contributed by atoms with van der Waals surface area (Å²) in [5.74, 6) is 0.439. The summed E-state index contributed by atoms with van der Waals surface area (Å²) in [6.07, 6.45) is 0. The van der Waals surface area contributed by atoms with Crippen molar-refractivity contribution in [2.45, 2.75) is 0 Å². The number of allylic oxidation sites excluding steroid dienone is 2. The number of fused-ring (bicyclic) bond motifs is 1. The van der Waals surface area contributed by atoms with Gasteiger partial charge in [0, 0.05) is 16.3 Å². The highest BCUT2D eigenvalue weighted by Gasteiger charge is 2.10. The second kappa shape index (κ2) is 6.76. The summed E-state index contributed by atoms with van der Waals surface area (Å²) in [7, 11) is 0. The number of aromatic nitrogens is 1. The quantitative estimate of drug-likeness (QED) is 0.705. The Morgan fingerprint density at radius 2 is 1.72 bits per heavy atom. The molecule has 0 radical (unpaired) electrons. The van der Waals surface area contributed by atoms with E-state index in [2.05, 4.69) is 10.3 Å². The molecular formula is C18H8ClN5O. The molecule has 25 heavy (non-hydrogen) atoms. The first kappa shape index (κ1) is 16.1. The number of nitrogens with one attached hydrogen (secondary N) is 1. The SMILES string of the molecule is N#CC(C#N)=C(C#N)Nc1ccc(-c2nc3cc(Cl)ccc3o2)cc1. The molecule has 6 nitrogen and oxygen atoms in total. The lowest BCUT2D eigenvalue weighted by Gasteiger charge is -2.04. The third kappa shape index (κ3) is 3.28. The van der Waals surface area contributed by atoms with Gasteiger partial charge in [0.2, 0.25) is 5.89 Å². The van der Waals surface area contributed by atoms with Gasteiger partial charge in [0.15, 0.2) is 11.2 Å². The zero-order valence-electron chi connectivity index (χ0n) is 12.6. The molecular weight excluding hydrogens is 338 g/mol. The van der Waals surface area contributed by atoms with Crippen LogP contribution in [0.25, 0.3) is 22.6 Å². The Labute approximate surface area is 147 Å². The third-order valence-corrected chi connectivity index (χ3v) is 3.57. The molecule has 0 aliphatic carbocycles. The van der Waals surface area contributed by atoms with Crippen molar-refractivity contribution in [3.05, 3.63) is 58.8 Å². The van der Waals surface area contributed by atoms with Gasteiger partial charge in [0.05, 0.1) is 0 Å². The van der Waals surface area contributed by atoms with Crippen LogP contribution in [0.2, 0.25) is 5.02 Å². The molecule has 0 saturated heterocycles. The molecule has 2 aromatic carbocycles. The molecule has 3 rings (SSSR count). The first-order valence-corrected chi connectivity index (χ1v) is 7.40. The highest BCUT2D eigenvalue weighted by molar-refractivity contribution is 6.31. The molecule has 1 heterocycles. The molecule has 118 valence electrons. The van der Waals surface area contributed by atoms with Crippen LogP contribution in [0, 0.1) is 34.0 Å². The standard InChI is InChI=1S/C18H8ClN5O/c19-13-3-6-17-15(7-13)24-18(25-17)11-1-4-14(5-2-11)23-16(10-22)12(8-20)9-21/h1-7,23H. The molecule has 0 aliphatic heterocycles. The lowest BCUT2D eigenvalue weighted by molar-refractivity contribution is 0.620. The summed E-state index contributed by atoms with van der Waals surface area (Å²) in [5.41, 5.74) is 2.20. The van der Waals surface area contributed by atoms with Gasteiger partial charge < -0.3 is 9.73 Å². The minimum atomic E-state index is -0.276. The van der Waals surface area contributed by atoms with Crippen molar-refractivity contribution < 1.29 is 4.42 Å². The second-order valence-corrected chi connectivity index (χ2v) is 5.36. The van der Waals surface area contributed by atoms with Crippen molar-refractivity contribution in [3.8, 4) is 29.7 Å². The number of hydrogen-bond acceptors (Lipinski definition) is 6. The van der Waals surface area contributed by atoms with E-state index >= 15 is 0 Å². The van der Waals surface area contributed by atoms with E-state index < -0.39 is 0 Å². The molecule has 1 N–H and O–H groups in total. The van der Waals surface area contributed by atoms with E-state index in [-0.39, 0.29) is 11.3 Å². The monoisotopic (exact) mass is 345 g/mol. The molecule has 0 bridgehead atoms. The Hall–Kier alpha value is -3.79. The smallest absolute Gasteiger partial charge is 0.227 e. The number of nitrogens with zero attached hydrogens (tertiary/aromatic N) is 4. The van der Waals surface area contributed by atoms with Gasteiger partial charge >= 0.3 is 0 Å². The molecule has 0 unspecified atom stereocenters. The van der Waals surface area contributed by atoms with Crippen LogP contribution in [0.15, 0.2) is 58.2 Å². The van der Waals surface area contributed by atoms with E-state index in [0.717, 1.165) is 5.56 Å². The van der Waals surface area contributed by atoms with Crippen LogP contribution in [0.1, 0.15) is 0 Å². The number of rotatable bonds is 3. The van der Waals surface area contributed by atoms with Gasteiger partial charge in [0.25, 0.3) is 0 Å². The lowest BCUT2D eigenvalue weighted by Crippen LogP contribution is -2.00. The maximum Gasteiger partial charge on any atom is 0.227 e. The first-order valence-electron chi connectivity index (χ1n) is 7.02. The van der Waals surface area contributed by atoms with Gasteiger partial charge in [-0.2, -0.15) is 15.8 Å². The summed E-state index contributed by atoms with van der Waals surface area (Å²) < 4.78 is 5.69. The number of nitriles is 3. The number of oxazole rings is 1. The van der Waals surface area contributed by atoms with Crippen LogP contribution in [-0.2, 0) is 0 Å². The van der Waals surface area contributed by atoms with E-state index in [1.54, 1.807) is 60.7 Å². The van der Waals surface area contributed by atoms with E-state index in [4.69, 9.17) is 31.8 Å². The van der Waals surface area contributed by atoms with Crippen molar-refractivity contribution in [1.82, 2.24) is 4.98 Å². The summed E-state index contributed by atoms with van der Waals surface area (Å²) in [4.78, 5) is 4.39. The van der Waals surface area contributed by atoms with E-state index in [0.29, 0.717) is 27.7 Å². The molecule has 0 amide bonds. The van der Waals surface area contributed by atoms with Crippen molar-refractivity contribution in [2.24, 2.45) is 0 Å². The predicted molar refractivity (Wildman–Crippen MR) is 91.9 cm³/mol. The molecule has 0 aliphatic rings. The number of halogens is 1. The van der Waals surface area contributed by atoms with Crippen molar-refractivity contribution in [1.29, 1.82) is 15.8 Å². The Bertz CT molecular complexity index is 1090. The zero-order valence-corrected chi connectivity index (χ0v) is 13.4. The molecule has 0 fully saturated rings. The summed E-state index contributed by atoms with van der Waals surface area (Å²) in [6.45, 7) is 0. The minimum Gasteiger partial charge on any atom is -0.436 e. The fraction of sp³-hybridized carbons (Fsp3) is 0. The fourth-order valence-corrected chi connectivity index (χ4v) is 2.31. The average Bonchev–Trinajstić information content (AvgIpc) is 3.05. The van der Waals surface area contributed by atoms with Crippen molar-refractivity contribution in [2.75, 3.05) is 5.32 Å². The Morgan fingerprint density at radius 3 is 2.36 bits per heavy atom. The van der Waals surface area contributed by atoms with E-state index in [9.17, 15) is 0 Å². The van der Waals surface area contributed by atoms with Gasteiger partial charge in [-0.1, -0.05) is 11.6 Å². The van der Waals surface area contributed by atoms with E-state index in [1.807, 2.05) is 0 Å². The second-order valence-electron chi connectivity index (χ2n) is 4.92. The van der Waals surface area contributed by atoms with Gasteiger partial charge in [-0.3, -0.25) is 0 Å². The number of benzene rings is 2. The van der Waals surface area contributed by atoms with Crippen LogP contribution in [0.4, 0.5) is 5.69 Å². The average molecular weight is 346 g/mol. The zero-order chi connectivity index (χ0) is 17.8. The maximum absolute atomic E-state index is 9.05. The van der Waals surface area contributed by atoms with Crippen LogP contribution in [0.5, 0.6) is 0 Å². The largest absolute Gasteiger partial charge is 0.436 e. The topological polar surface area (TPSA) is 109 Å². The normalized spacial score (nSPS) is 9.68. The molecule has 3 aromatic rings. The van der Waals surface area contributed by atoms with Crippen LogP contribution in [0.3, 0.4) is 0 Å². The Balaban J connectivity index is 1.89. The molecule has 0 spiro atoms. The minimum absolute atomic E-state index is 0.103. The highest BCUT2D eigenvalue weighted by atomic mass is 35.5. The van der Waals surface area contributed by atoms with Crippen LogP contribution < -0.4 is 5.32 Å². The van der Waals surface area contributed by atoms with Gasteiger partial charge in [-0.05, 0) is 42.5 Å². The molecule has 0 atom stereocenters. The lowest BCUT2D eigenvalue weighted by atomic mass is 10.2. The van der Waals surface area contributed by atoms with E-state index in [1.165, 1.54) is 0 Å². The van der Waals surface area contributed by atoms with Gasteiger partial charge in [-0.25, -0.2) is 4.98 Å². The molecule has 7 heteroatoms. The highest BCUT2D eigenvalue weighted by Crippen LogP contribution is 2.27. The summed E-state index contributed by atoms with van der Waals surface area (Å²) >= 11 is 5.94. The summed E-state index contributed by atoms with van der Waals surface area (Å²) in [6, 6.07) is 17.2. The third-order valence-electron chi connectivity index (χ3n) is 3.34. The van der Waals surface area contributed by atoms with Gasteiger partial charge in [-0.15, -0.1) is 0 Å². The number of hydrogen-bond donors (Lipinski definition) is 1.